The zero-order valence-electron chi connectivity index (χ0n) is 11.1. The number of aliphatic hydroxyl groups excluding tert-OH is 1. The third-order valence-corrected chi connectivity index (χ3v) is 2.60. The second kappa shape index (κ2) is 6.50. The fraction of sp³-hybridized carbons (Fsp3) is 0.125. The summed E-state index contributed by atoms with van der Waals surface area (Å²) in [6.45, 7) is 1.62. The smallest absolute Gasteiger partial charge is 0.258 e. The molecule has 0 radical (unpaired) electrons. The molecule has 2 rings (SSSR count). The first kappa shape index (κ1) is 13.8. The summed E-state index contributed by atoms with van der Waals surface area (Å²) in [4.78, 5) is 16.5. The first-order valence-corrected chi connectivity index (χ1v) is 6.14. The van der Waals surface area contributed by atoms with Crippen LogP contribution < -0.4 is 5.32 Å². The van der Waals surface area contributed by atoms with Gasteiger partial charge in [0.05, 0.1) is 5.56 Å². The fourth-order valence-electron chi connectivity index (χ4n) is 1.72. The van der Waals surface area contributed by atoms with Gasteiger partial charge in [-0.15, -0.1) is 0 Å². The van der Waals surface area contributed by atoms with Crippen LogP contribution >= 0.6 is 0 Å². The fourth-order valence-corrected chi connectivity index (χ4v) is 1.72. The molecule has 0 spiro atoms. The molecule has 1 amide bonds. The van der Waals surface area contributed by atoms with Crippen LogP contribution in [-0.2, 0) is 0 Å². The van der Waals surface area contributed by atoms with Crippen LogP contribution in [0.25, 0.3) is 0 Å². The number of rotatable bonds is 2. The van der Waals surface area contributed by atoms with E-state index >= 15 is 0 Å². The van der Waals surface area contributed by atoms with Crippen molar-refractivity contribution < 1.29 is 9.90 Å². The maximum Gasteiger partial charge on any atom is 0.258 e. The van der Waals surface area contributed by atoms with Gasteiger partial charge in [-0.1, -0.05) is 30.0 Å². The first-order valence-electron chi connectivity index (χ1n) is 6.14. The minimum Gasteiger partial charge on any atom is -0.384 e. The van der Waals surface area contributed by atoms with Crippen molar-refractivity contribution in [2.45, 2.75) is 6.92 Å². The Balaban J connectivity index is 2.25. The molecule has 2 N–H and O–H groups in total. The number of hydrogen-bond donors (Lipinski definition) is 2. The molecular weight excluding hydrogens is 252 g/mol. The number of aryl methyl sites for hydroxylation is 1. The van der Waals surface area contributed by atoms with Crippen LogP contribution in [-0.4, -0.2) is 22.6 Å². The van der Waals surface area contributed by atoms with Gasteiger partial charge in [0.2, 0.25) is 0 Å². The molecule has 1 heterocycles. The number of carbonyl (C=O) groups excluding carboxylic acids is 1. The molecule has 20 heavy (non-hydrogen) atoms. The van der Waals surface area contributed by atoms with E-state index in [9.17, 15) is 4.79 Å². The Morgan fingerprint density at radius 3 is 2.80 bits per heavy atom. The second-order valence-corrected chi connectivity index (χ2v) is 4.12. The molecule has 4 heteroatoms. The number of nitrogens with one attached hydrogen (secondary N) is 1. The minimum atomic E-state index is -0.272. The largest absolute Gasteiger partial charge is 0.384 e. The molecular formula is C16H14N2O2. The zero-order chi connectivity index (χ0) is 14.4. The number of pyridine rings is 1. The quantitative estimate of drug-likeness (QED) is 0.817. The van der Waals surface area contributed by atoms with Gasteiger partial charge in [0.25, 0.3) is 5.91 Å². The lowest BCUT2D eigenvalue weighted by Gasteiger charge is -2.06. The number of carbonyl (C=O) groups is 1. The molecule has 0 fully saturated rings. The van der Waals surface area contributed by atoms with Crippen LogP contribution in [0.3, 0.4) is 0 Å². The molecule has 2 aromatic rings. The lowest BCUT2D eigenvalue weighted by Crippen LogP contribution is -2.14. The van der Waals surface area contributed by atoms with Crippen molar-refractivity contribution in [3.05, 3.63) is 59.3 Å². The number of anilines is 1. The van der Waals surface area contributed by atoms with Crippen LogP contribution in [0, 0.1) is 18.8 Å². The Kier molecular flexibility index (Phi) is 4.48. The van der Waals surface area contributed by atoms with E-state index in [2.05, 4.69) is 22.1 Å². The Morgan fingerprint density at radius 1 is 1.25 bits per heavy atom. The molecule has 1 aromatic heterocycles. The highest BCUT2D eigenvalue weighted by molar-refractivity contribution is 6.05. The van der Waals surface area contributed by atoms with Crippen molar-refractivity contribution in [1.82, 2.24) is 4.98 Å². The first-order chi connectivity index (χ1) is 9.70. The summed E-state index contributed by atoms with van der Waals surface area (Å²) in [6.07, 6.45) is 0. The van der Waals surface area contributed by atoms with Gasteiger partial charge in [0, 0.05) is 11.3 Å². The van der Waals surface area contributed by atoms with Gasteiger partial charge in [0.1, 0.15) is 12.4 Å². The molecule has 0 unspecified atom stereocenters. The Hall–Kier alpha value is -2.64. The molecule has 0 aliphatic rings. The van der Waals surface area contributed by atoms with E-state index in [1.54, 1.807) is 30.3 Å². The molecule has 0 aliphatic heterocycles. The molecule has 0 saturated carbocycles. The Bertz CT molecular complexity index is 684. The van der Waals surface area contributed by atoms with Gasteiger partial charge in [-0.2, -0.15) is 0 Å². The predicted octanol–water partition coefficient (Wildman–Crippen LogP) is 1.99. The summed E-state index contributed by atoms with van der Waals surface area (Å²) in [5, 5.41) is 11.5. The van der Waals surface area contributed by atoms with Gasteiger partial charge >= 0.3 is 0 Å². The van der Waals surface area contributed by atoms with Crippen molar-refractivity contribution in [3.63, 3.8) is 0 Å². The zero-order valence-corrected chi connectivity index (χ0v) is 11.1. The minimum absolute atomic E-state index is 0.241. The van der Waals surface area contributed by atoms with Crippen molar-refractivity contribution >= 4 is 11.7 Å². The van der Waals surface area contributed by atoms with E-state index < -0.39 is 0 Å². The summed E-state index contributed by atoms with van der Waals surface area (Å²) in [5.41, 5.74) is 1.86. The molecule has 1 aromatic carbocycles. The molecule has 4 nitrogen and oxygen atoms in total. The summed E-state index contributed by atoms with van der Waals surface area (Å²) in [7, 11) is 0. The lowest BCUT2D eigenvalue weighted by atomic mass is 10.1. The number of aromatic nitrogens is 1. The van der Waals surface area contributed by atoms with Crippen LogP contribution in [0.5, 0.6) is 0 Å². The van der Waals surface area contributed by atoms with E-state index in [1.807, 2.05) is 19.1 Å². The van der Waals surface area contributed by atoms with E-state index in [0.717, 1.165) is 5.69 Å². The number of amides is 1. The summed E-state index contributed by atoms with van der Waals surface area (Å²) in [6, 6.07) is 12.4. The third kappa shape index (κ3) is 3.44. The highest BCUT2D eigenvalue weighted by Gasteiger charge is 2.10. The predicted molar refractivity (Wildman–Crippen MR) is 77.3 cm³/mol. The third-order valence-electron chi connectivity index (χ3n) is 2.60. The maximum atomic E-state index is 12.2. The van der Waals surface area contributed by atoms with E-state index in [1.165, 1.54) is 0 Å². The molecule has 0 bridgehead atoms. The second-order valence-electron chi connectivity index (χ2n) is 4.12. The number of aliphatic hydroxyl groups is 1. The summed E-state index contributed by atoms with van der Waals surface area (Å²) < 4.78 is 0. The number of nitrogens with zero attached hydrogens (tertiary/aromatic N) is 1. The van der Waals surface area contributed by atoms with Crippen molar-refractivity contribution in [2.75, 3.05) is 11.9 Å². The van der Waals surface area contributed by atoms with Crippen molar-refractivity contribution in [2.24, 2.45) is 0 Å². The number of hydrogen-bond acceptors (Lipinski definition) is 3. The Morgan fingerprint density at radius 2 is 2.05 bits per heavy atom. The molecule has 100 valence electrons. The lowest BCUT2D eigenvalue weighted by molar-refractivity contribution is 0.102. The van der Waals surface area contributed by atoms with Gasteiger partial charge in [-0.05, 0) is 31.2 Å². The SMILES string of the molecule is Cc1cccc(NC(=O)c2ccccc2C#CCO)n1. The summed E-state index contributed by atoms with van der Waals surface area (Å²) >= 11 is 0. The summed E-state index contributed by atoms with van der Waals surface area (Å²) in [5.74, 6) is 5.53. The van der Waals surface area contributed by atoms with Crippen molar-refractivity contribution in [3.8, 4) is 11.8 Å². The van der Waals surface area contributed by atoms with E-state index in [-0.39, 0.29) is 12.5 Å². The van der Waals surface area contributed by atoms with Gasteiger partial charge in [0.15, 0.2) is 0 Å². The Labute approximate surface area is 117 Å². The van der Waals surface area contributed by atoms with Crippen LogP contribution in [0.4, 0.5) is 5.82 Å². The monoisotopic (exact) mass is 266 g/mol. The van der Waals surface area contributed by atoms with Gasteiger partial charge < -0.3 is 10.4 Å². The van der Waals surface area contributed by atoms with Crippen LogP contribution in [0.15, 0.2) is 42.5 Å². The van der Waals surface area contributed by atoms with Gasteiger partial charge in [-0.25, -0.2) is 4.98 Å². The van der Waals surface area contributed by atoms with E-state index in [0.29, 0.717) is 16.9 Å². The standard InChI is InChI=1S/C16H14N2O2/c1-12-6-4-10-15(17-12)18-16(20)14-9-3-2-7-13(14)8-5-11-19/h2-4,6-7,9-10,19H,11H2,1H3,(H,17,18,20). The molecule has 0 aliphatic carbocycles. The average Bonchev–Trinajstić information content (AvgIpc) is 2.45. The highest BCUT2D eigenvalue weighted by Crippen LogP contribution is 2.11. The highest BCUT2D eigenvalue weighted by atomic mass is 16.2. The topological polar surface area (TPSA) is 62.2 Å². The molecule has 0 saturated heterocycles. The molecule has 0 atom stereocenters. The van der Waals surface area contributed by atoms with E-state index in [4.69, 9.17) is 5.11 Å². The number of benzene rings is 1. The van der Waals surface area contributed by atoms with Gasteiger partial charge in [-0.3, -0.25) is 4.79 Å². The average molecular weight is 266 g/mol. The maximum absolute atomic E-state index is 12.2. The van der Waals surface area contributed by atoms with Crippen molar-refractivity contribution in [1.29, 1.82) is 0 Å². The normalized spacial score (nSPS) is 9.50. The van der Waals surface area contributed by atoms with Crippen LogP contribution in [0.1, 0.15) is 21.6 Å². The van der Waals surface area contributed by atoms with Crippen LogP contribution in [0.2, 0.25) is 0 Å².